The van der Waals surface area contributed by atoms with Gasteiger partial charge in [0.1, 0.15) is 6.54 Å². The molecule has 3 aromatic carbocycles. The lowest BCUT2D eigenvalue weighted by Gasteiger charge is -2.18. The Morgan fingerprint density at radius 2 is 1.60 bits per heavy atom. The third-order valence-electron chi connectivity index (χ3n) is 5.45. The molecule has 0 bridgehead atoms. The number of nitrogens with one attached hydrogen (secondary N) is 1. The zero-order valence-electron chi connectivity index (χ0n) is 16.4. The van der Waals surface area contributed by atoms with E-state index >= 15 is 0 Å². The number of carbonyl (C=O) groups is 1. The maximum absolute atomic E-state index is 12.9. The van der Waals surface area contributed by atoms with Gasteiger partial charge in [0.15, 0.2) is 16.9 Å². The van der Waals surface area contributed by atoms with E-state index in [0.29, 0.717) is 22.3 Å². The highest BCUT2D eigenvalue weighted by atomic mass is 16.7. The Morgan fingerprint density at radius 1 is 0.967 bits per heavy atom. The van der Waals surface area contributed by atoms with Crippen LogP contribution < -0.4 is 20.2 Å². The number of nitrogens with zero attached hydrogens (tertiary/aromatic N) is 1. The highest BCUT2D eigenvalue weighted by molar-refractivity contribution is 5.94. The Morgan fingerprint density at radius 3 is 2.30 bits per heavy atom. The molecule has 1 aliphatic rings. The van der Waals surface area contributed by atoms with E-state index in [1.807, 2.05) is 66.1 Å². The number of fused-ring (bicyclic) bond motifs is 3. The van der Waals surface area contributed by atoms with Gasteiger partial charge in [-0.15, -0.1) is 0 Å². The predicted molar refractivity (Wildman–Crippen MR) is 115 cm³/mol. The van der Waals surface area contributed by atoms with E-state index < -0.39 is 0 Å². The van der Waals surface area contributed by atoms with Crippen LogP contribution in [0.5, 0.6) is 11.5 Å². The van der Waals surface area contributed by atoms with Gasteiger partial charge in [-0.05, 0) is 48.9 Å². The Bertz CT molecular complexity index is 1280. The van der Waals surface area contributed by atoms with E-state index in [1.165, 1.54) is 0 Å². The zero-order valence-corrected chi connectivity index (χ0v) is 16.4. The Balaban J connectivity index is 1.47. The number of pyridine rings is 1. The summed E-state index contributed by atoms with van der Waals surface area (Å²) in [6.45, 7) is 2.25. The minimum atomic E-state index is -0.205. The summed E-state index contributed by atoms with van der Waals surface area (Å²) < 4.78 is 12.7. The normalized spacial score (nSPS) is 13.5. The van der Waals surface area contributed by atoms with Gasteiger partial charge in [0.2, 0.25) is 12.7 Å². The maximum atomic E-state index is 12.9. The van der Waals surface area contributed by atoms with E-state index in [4.69, 9.17) is 9.47 Å². The molecule has 30 heavy (non-hydrogen) atoms. The van der Waals surface area contributed by atoms with Gasteiger partial charge < -0.3 is 19.4 Å². The third kappa shape index (κ3) is 3.06. The van der Waals surface area contributed by atoms with Crippen LogP contribution in [-0.4, -0.2) is 17.3 Å². The molecule has 6 nitrogen and oxygen atoms in total. The number of carbonyl (C=O) groups excluding carboxylic acids is 1. The number of rotatable bonds is 4. The van der Waals surface area contributed by atoms with Crippen molar-refractivity contribution in [2.45, 2.75) is 19.5 Å². The van der Waals surface area contributed by atoms with Gasteiger partial charge in [0.25, 0.3) is 0 Å². The fraction of sp³-hybridized carbons (Fsp3) is 0.167. The lowest BCUT2D eigenvalue weighted by Crippen LogP contribution is -2.30. The lowest BCUT2D eigenvalue weighted by atomic mass is 10.1. The van der Waals surface area contributed by atoms with Crippen LogP contribution in [0.2, 0.25) is 0 Å². The number of benzene rings is 3. The van der Waals surface area contributed by atoms with Gasteiger partial charge in [-0.3, -0.25) is 9.59 Å². The van der Waals surface area contributed by atoms with Gasteiger partial charge >= 0.3 is 0 Å². The molecule has 1 aliphatic heterocycles. The van der Waals surface area contributed by atoms with Gasteiger partial charge in [0, 0.05) is 10.8 Å². The molecule has 0 fully saturated rings. The molecule has 5 rings (SSSR count). The Kier molecular flexibility index (Phi) is 4.39. The first kappa shape index (κ1) is 18.2. The van der Waals surface area contributed by atoms with Gasteiger partial charge in [-0.1, -0.05) is 30.3 Å². The standard InChI is InChI=1S/C24H20N2O4/c1-15(16-10-11-21-22(12-16)30-14-29-21)25-23(27)13-26-19-8-4-2-6-17(19)24(28)18-7-3-5-9-20(18)26/h2-12,15H,13-14H2,1H3,(H,25,27)/t15-/m1/s1. The fourth-order valence-corrected chi connectivity index (χ4v) is 3.94. The monoisotopic (exact) mass is 400 g/mol. The second-order valence-electron chi connectivity index (χ2n) is 7.35. The SMILES string of the molecule is C[C@@H](NC(=O)Cn1c2ccccc2c(=O)c2ccccc21)c1ccc2c(c1)OCO2. The van der Waals surface area contributed by atoms with Crippen molar-refractivity contribution < 1.29 is 14.3 Å². The molecule has 0 spiro atoms. The average molecular weight is 400 g/mol. The molecule has 6 heteroatoms. The summed E-state index contributed by atoms with van der Waals surface area (Å²) in [5.74, 6) is 1.26. The van der Waals surface area contributed by atoms with Crippen molar-refractivity contribution >= 4 is 27.7 Å². The van der Waals surface area contributed by atoms with Crippen molar-refractivity contribution in [3.05, 3.63) is 82.5 Å². The van der Waals surface area contributed by atoms with Crippen LogP contribution in [0, 0.1) is 0 Å². The summed E-state index contributed by atoms with van der Waals surface area (Å²) in [5, 5.41) is 4.25. The molecule has 0 unspecified atom stereocenters. The number of para-hydroxylation sites is 2. The van der Waals surface area contributed by atoms with Gasteiger partial charge in [0.05, 0.1) is 17.1 Å². The average Bonchev–Trinajstić information content (AvgIpc) is 3.24. The summed E-state index contributed by atoms with van der Waals surface area (Å²) >= 11 is 0. The number of hydrogen-bond donors (Lipinski definition) is 1. The lowest BCUT2D eigenvalue weighted by molar-refractivity contribution is -0.122. The molecule has 1 N–H and O–H groups in total. The second kappa shape index (κ2) is 7.22. The van der Waals surface area contributed by atoms with Gasteiger partial charge in [-0.2, -0.15) is 0 Å². The number of aromatic nitrogens is 1. The molecule has 2 heterocycles. The topological polar surface area (TPSA) is 69.6 Å². The van der Waals surface area contributed by atoms with Crippen LogP contribution >= 0.6 is 0 Å². The van der Waals surface area contributed by atoms with E-state index in [0.717, 1.165) is 16.6 Å². The summed E-state index contributed by atoms with van der Waals surface area (Å²) in [5.41, 5.74) is 2.40. The van der Waals surface area contributed by atoms with E-state index in [9.17, 15) is 9.59 Å². The number of amides is 1. The molecule has 4 aromatic rings. The Labute approximate surface area is 172 Å². The minimum Gasteiger partial charge on any atom is -0.454 e. The van der Waals surface area contributed by atoms with Crippen molar-refractivity contribution in [3.63, 3.8) is 0 Å². The zero-order chi connectivity index (χ0) is 20.7. The van der Waals surface area contributed by atoms with Crippen LogP contribution in [-0.2, 0) is 11.3 Å². The highest BCUT2D eigenvalue weighted by Crippen LogP contribution is 2.34. The van der Waals surface area contributed by atoms with Gasteiger partial charge in [-0.25, -0.2) is 0 Å². The van der Waals surface area contributed by atoms with Crippen LogP contribution in [0.15, 0.2) is 71.5 Å². The Hall–Kier alpha value is -3.80. The first-order chi connectivity index (χ1) is 14.6. The van der Waals surface area contributed by atoms with E-state index in [2.05, 4.69) is 5.32 Å². The first-order valence-electron chi connectivity index (χ1n) is 9.81. The summed E-state index contributed by atoms with van der Waals surface area (Å²) in [6, 6.07) is 20.2. The van der Waals surface area contributed by atoms with Crippen LogP contribution in [0.3, 0.4) is 0 Å². The molecular formula is C24H20N2O4. The molecule has 1 amide bonds. The van der Waals surface area contributed by atoms with E-state index in [1.54, 1.807) is 12.1 Å². The van der Waals surface area contributed by atoms with E-state index in [-0.39, 0.29) is 30.7 Å². The van der Waals surface area contributed by atoms with Crippen molar-refractivity contribution in [2.75, 3.05) is 6.79 Å². The van der Waals surface area contributed by atoms with Crippen molar-refractivity contribution in [1.82, 2.24) is 9.88 Å². The van der Waals surface area contributed by atoms with Crippen molar-refractivity contribution in [2.24, 2.45) is 0 Å². The third-order valence-corrected chi connectivity index (χ3v) is 5.45. The predicted octanol–water partition coefficient (Wildman–Crippen LogP) is 3.76. The molecule has 0 saturated carbocycles. The fourth-order valence-electron chi connectivity index (χ4n) is 3.94. The minimum absolute atomic E-state index is 0.0217. The highest BCUT2D eigenvalue weighted by Gasteiger charge is 2.18. The molecule has 1 atom stereocenters. The van der Waals surface area contributed by atoms with Crippen LogP contribution in [0.25, 0.3) is 21.8 Å². The molecular weight excluding hydrogens is 380 g/mol. The summed E-state index contributed by atoms with van der Waals surface area (Å²) in [7, 11) is 0. The smallest absolute Gasteiger partial charge is 0.240 e. The number of ether oxygens (including phenoxy) is 2. The first-order valence-corrected chi connectivity index (χ1v) is 9.81. The van der Waals surface area contributed by atoms with Crippen molar-refractivity contribution in [1.29, 1.82) is 0 Å². The van der Waals surface area contributed by atoms with Crippen LogP contribution in [0.4, 0.5) is 0 Å². The second-order valence-corrected chi connectivity index (χ2v) is 7.35. The maximum Gasteiger partial charge on any atom is 0.240 e. The molecule has 0 aliphatic carbocycles. The summed E-state index contributed by atoms with van der Waals surface area (Å²) in [4.78, 5) is 25.8. The molecule has 150 valence electrons. The largest absolute Gasteiger partial charge is 0.454 e. The molecule has 0 radical (unpaired) electrons. The summed E-state index contributed by atoms with van der Waals surface area (Å²) in [6.07, 6.45) is 0. The molecule has 1 aromatic heterocycles. The van der Waals surface area contributed by atoms with Crippen LogP contribution in [0.1, 0.15) is 18.5 Å². The van der Waals surface area contributed by atoms with Crippen molar-refractivity contribution in [3.8, 4) is 11.5 Å². The molecule has 0 saturated heterocycles. The quantitative estimate of drug-likeness (QED) is 0.530. The number of hydrogen-bond acceptors (Lipinski definition) is 4.